The smallest absolute Gasteiger partial charge is 0.0830 e. The minimum Gasteiger partial charge on any atom is -0.388 e. The van der Waals surface area contributed by atoms with Crippen molar-refractivity contribution in [2.24, 2.45) is 0 Å². The van der Waals surface area contributed by atoms with Gasteiger partial charge in [-0.15, -0.1) is 0 Å². The lowest BCUT2D eigenvalue weighted by atomic mass is 10.0. The lowest BCUT2D eigenvalue weighted by Crippen LogP contribution is -2.02. The lowest BCUT2D eigenvalue weighted by molar-refractivity contribution is 0.178. The molecule has 1 unspecified atom stereocenters. The van der Waals surface area contributed by atoms with E-state index in [1.165, 1.54) is 0 Å². The second-order valence-electron chi connectivity index (χ2n) is 4.36. The van der Waals surface area contributed by atoms with Gasteiger partial charge in [0.2, 0.25) is 0 Å². The Labute approximate surface area is 117 Å². The van der Waals surface area contributed by atoms with Crippen molar-refractivity contribution in [2.45, 2.75) is 19.4 Å². The molecule has 0 saturated heterocycles. The van der Waals surface area contributed by atoms with Gasteiger partial charge in [-0.1, -0.05) is 47.5 Å². The average Bonchev–Trinajstić information content (AvgIpc) is 2.32. The molecule has 1 nitrogen and oxygen atoms in total. The van der Waals surface area contributed by atoms with E-state index in [4.69, 9.17) is 23.2 Å². The molecule has 3 heteroatoms. The molecule has 0 radical (unpaired) electrons. The van der Waals surface area contributed by atoms with E-state index in [2.05, 4.69) is 0 Å². The monoisotopic (exact) mass is 280 g/mol. The van der Waals surface area contributed by atoms with Crippen molar-refractivity contribution in [1.29, 1.82) is 0 Å². The molecule has 2 rings (SSSR count). The number of halogens is 2. The fourth-order valence-electron chi connectivity index (χ4n) is 1.82. The van der Waals surface area contributed by atoms with Crippen molar-refractivity contribution >= 4 is 23.2 Å². The molecule has 0 bridgehead atoms. The highest BCUT2D eigenvalue weighted by Gasteiger charge is 2.10. The zero-order valence-electron chi connectivity index (χ0n) is 10.0. The highest BCUT2D eigenvalue weighted by atomic mass is 35.5. The maximum Gasteiger partial charge on any atom is 0.0830 e. The van der Waals surface area contributed by atoms with Crippen LogP contribution in [0, 0.1) is 6.92 Å². The van der Waals surface area contributed by atoms with Crippen LogP contribution in [-0.2, 0) is 6.42 Å². The van der Waals surface area contributed by atoms with Crippen LogP contribution in [0.1, 0.15) is 22.8 Å². The Kier molecular flexibility index (Phi) is 4.28. The standard InChI is InChI=1S/C15H14Cl2O/c1-10-5-6-12(9-14(10)17)15(18)8-11-3-2-4-13(16)7-11/h2-7,9,15,18H,8H2,1H3. The minimum absolute atomic E-state index is 0.528. The zero-order chi connectivity index (χ0) is 13.1. The van der Waals surface area contributed by atoms with Gasteiger partial charge in [0.15, 0.2) is 0 Å². The van der Waals surface area contributed by atoms with Crippen LogP contribution in [0.5, 0.6) is 0 Å². The Morgan fingerprint density at radius 3 is 2.56 bits per heavy atom. The third kappa shape index (κ3) is 3.26. The summed E-state index contributed by atoms with van der Waals surface area (Å²) in [4.78, 5) is 0. The molecule has 1 atom stereocenters. The summed E-state index contributed by atoms with van der Waals surface area (Å²) >= 11 is 12.0. The third-order valence-electron chi connectivity index (χ3n) is 2.90. The molecule has 0 saturated carbocycles. The summed E-state index contributed by atoms with van der Waals surface area (Å²) < 4.78 is 0. The molecule has 0 amide bonds. The predicted octanol–water partition coefficient (Wildman–Crippen LogP) is 4.58. The Morgan fingerprint density at radius 2 is 1.89 bits per heavy atom. The molecular weight excluding hydrogens is 267 g/mol. The summed E-state index contributed by atoms with van der Waals surface area (Å²) in [5.74, 6) is 0. The molecule has 1 N–H and O–H groups in total. The maximum absolute atomic E-state index is 10.2. The van der Waals surface area contributed by atoms with Crippen molar-refractivity contribution < 1.29 is 5.11 Å². The molecule has 0 aliphatic carbocycles. The number of rotatable bonds is 3. The molecule has 94 valence electrons. The fourth-order valence-corrected chi connectivity index (χ4v) is 2.22. The number of hydrogen-bond acceptors (Lipinski definition) is 1. The second-order valence-corrected chi connectivity index (χ2v) is 5.20. The topological polar surface area (TPSA) is 20.2 Å². The first kappa shape index (κ1) is 13.4. The summed E-state index contributed by atoms with van der Waals surface area (Å²) in [5.41, 5.74) is 2.84. The number of hydrogen-bond donors (Lipinski definition) is 1. The molecule has 0 fully saturated rings. The van der Waals surface area contributed by atoms with Crippen LogP contribution in [0.4, 0.5) is 0 Å². The van der Waals surface area contributed by atoms with E-state index in [9.17, 15) is 5.11 Å². The number of aliphatic hydroxyl groups excluding tert-OH is 1. The predicted molar refractivity (Wildman–Crippen MR) is 76.3 cm³/mol. The van der Waals surface area contributed by atoms with Crippen LogP contribution in [-0.4, -0.2) is 5.11 Å². The van der Waals surface area contributed by atoms with Gasteiger partial charge in [-0.2, -0.15) is 0 Å². The van der Waals surface area contributed by atoms with Crippen molar-refractivity contribution in [1.82, 2.24) is 0 Å². The van der Waals surface area contributed by atoms with Gasteiger partial charge in [0, 0.05) is 16.5 Å². The summed E-state index contributed by atoms with van der Waals surface area (Å²) in [6.45, 7) is 1.94. The van der Waals surface area contributed by atoms with Crippen molar-refractivity contribution in [3.8, 4) is 0 Å². The van der Waals surface area contributed by atoms with Gasteiger partial charge in [0.25, 0.3) is 0 Å². The number of aliphatic hydroxyl groups is 1. The first-order valence-electron chi connectivity index (χ1n) is 5.75. The van der Waals surface area contributed by atoms with E-state index in [0.717, 1.165) is 16.7 Å². The van der Waals surface area contributed by atoms with Gasteiger partial charge in [-0.3, -0.25) is 0 Å². The highest BCUT2D eigenvalue weighted by molar-refractivity contribution is 6.31. The first-order chi connectivity index (χ1) is 8.56. The van der Waals surface area contributed by atoms with Gasteiger partial charge >= 0.3 is 0 Å². The summed E-state index contributed by atoms with van der Waals surface area (Å²) in [7, 11) is 0. The summed E-state index contributed by atoms with van der Waals surface area (Å²) in [5, 5.41) is 11.5. The Bertz CT molecular complexity index is 552. The molecule has 0 spiro atoms. The van der Waals surface area contributed by atoms with Crippen LogP contribution in [0.2, 0.25) is 10.0 Å². The van der Waals surface area contributed by atoms with E-state index < -0.39 is 6.10 Å². The van der Waals surface area contributed by atoms with Crippen molar-refractivity contribution in [3.05, 3.63) is 69.2 Å². The third-order valence-corrected chi connectivity index (χ3v) is 3.54. The number of benzene rings is 2. The average molecular weight is 281 g/mol. The van der Waals surface area contributed by atoms with Crippen molar-refractivity contribution in [3.63, 3.8) is 0 Å². The van der Waals surface area contributed by atoms with Crippen LogP contribution in [0.15, 0.2) is 42.5 Å². The largest absolute Gasteiger partial charge is 0.388 e. The van der Waals surface area contributed by atoms with Gasteiger partial charge in [-0.05, 0) is 41.8 Å². The van der Waals surface area contributed by atoms with E-state index in [1.54, 1.807) is 0 Å². The molecule has 18 heavy (non-hydrogen) atoms. The van der Waals surface area contributed by atoms with Gasteiger partial charge in [-0.25, -0.2) is 0 Å². The molecule has 0 aliphatic rings. The normalized spacial score (nSPS) is 12.4. The van der Waals surface area contributed by atoms with E-state index in [-0.39, 0.29) is 0 Å². The Morgan fingerprint density at radius 1 is 1.11 bits per heavy atom. The zero-order valence-corrected chi connectivity index (χ0v) is 11.5. The van der Waals surface area contributed by atoms with E-state index >= 15 is 0 Å². The molecule has 0 heterocycles. The van der Waals surface area contributed by atoms with Gasteiger partial charge < -0.3 is 5.11 Å². The van der Waals surface area contributed by atoms with Crippen LogP contribution < -0.4 is 0 Å². The summed E-state index contributed by atoms with van der Waals surface area (Å²) in [6.07, 6.45) is -0.0403. The quantitative estimate of drug-likeness (QED) is 0.873. The first-order valence-corrected chi connectivity index (χ1v) is 6.50. The molecular formula is C15H14Cl2O. The molecule has 2 aromatic rings. The number of aryl methyl sites for hydroxylation is 1. The molecule has 0 aromatic heterocycles. The van der Waals surface area contributed by atoms with E-state index in [0.29, 0.717) is 16.5 Å². The van der Waals surface area contributed by atoms with Crippen LogP contribution in [0.25, 0.3) is 0 Å². The Hall–Kier alpha value is -1.02. The Balaban J connectivity index is 2.16. The van der Waals surface area contributed by atoms with Gasteiger partial charge in [0.05, 0.1) is 6.10 Å². The van der Waals surface area contributed by atoms with Crippen LogP contribution in [0.3, 0.4) is 0 Å². The van der Waals surface area contributed by atoms with Crippen molar-refractivity contribution in [2.75, 3.05) is 0 Å². The van der Waals surface area contributed by atoms with E-state index in [1.807, 2.05) is 49.4 Å². The van der Waals surface area contributed by atoms with Gasteiger partial charge in [0.1, 0.15) is 0 Å². The van der Waals surface area contributed by atoms with Crippen LogP contribution >= 0.6 is 23.2 Å². The fraction of sp³-hybridized carbons (Fsp3) is 0.200. The SMILES string of the molecule is Cc1ccc(C(O)Cc2cccc(Cl)c2)cc1Cl. The summed E-state index contributed by atoms with van der Waals surface area (Å²) in [6, 6.07) is 13.1. The molecule has 0 aliphatic heterocycles. The second kappa shape index (κ2) is 5.75. The minimum atomic E-state index is -0.568. The lowest BCUT2D eigenvalue weighted by Gasteiger charge is -2.12. The highest BCUT2D eigenvalue weighted by Crippen LogP contribution is 2.24. The maximum atomic E-state index is 10.2. The molecule has 2 aromatic carbocycles.